The largest absolute Gasteiger partial charge is 0.264 e. The highest BCUT2D eigenvalue weighted by molar-refractivity contribution is 6.21. The van der Waals surface area contributed by atoms with Crippen molar-refractivity contribution >= 4 is 28.0 Å². The van der Waals surface area contributed by atoms with Crippen LogP contribution in [0.3, 0.4) is 0 Å². The van der Waals surface area contributed by atoms with Gasteiger partial charge in [-0.25, -0.2) is 4.99 Å². The molecule has 2 aromatic heterocycles. The fourth-order valence-corrected chi connectivity index (χ4v) is 3.23. The lowest BCUT2D eigenvalue weighted by Crippen LogP contribution is -2.19. The van der Waals surface area contributed by atoms with E-state index in [9.17, 15) is 0 Å². The van der Waals surface area contributed by atoms with Gasteiger partial charge in [0.05, 0.1) is 5.69 Å². The molecule has 5 heteroatoms. The number of benzene rings is 2. The average molecular weight is 349 g/mol. The summed E-state index contributed by atoms with van der Waals surface area (Å²) in [6, 6.07) is 20.2. The van der Waals surface area contributed by atoms with Gasteiger partial charge in [-0.3, -0.25) is 15.4 Å². The molecule has 0 fully saturated rings. The molecule has 0 saturated carbocycles. The zero-order valence-electron chi connectivity index (χ0n) is 14.4. The van der Waals surface area contributed by atoms with E-state index in [1.54, 1.807) is 18.6 Å². The molecule has 0 unspecified atom stereocenters. The summed E-state index contributed by atoms with van der Waals surface area (Å²) in [4.78, 5) is 13.4. The van der Waals surface area contributed by atoms with Crippen molar-refractivity contribution in [1.29, 1.82) is 0 Å². The van der Waals surface area contributed by atoms with Crippen LogP contribution in [-0.4, -0.2) is 21.5 Å². The molecule has 128 valence electrons. The Morgan fingerprint density at radius 3 is 2.26 bits per heavy atom. The first-order chi connectivity index (χ1) is 13.4. The predicted octanol–water partition coefficient (Wildman–Crippen LogP) is 4.06. The summed E-state index contributed by atoms with van der Waals surface area (Å²) in [7, 11) is 0. The van der Waals surface area contributed by atoms with E-state index in [0.717, 1.165) is 38.9 Å². The lowest BCUT2D eigenvalue weighted by atomic mass is 9.97. The van der Waals surface area contributed by atoms with Gasteiger partial charge < -0.3 is 0 Å². The third-order valence-electron chi connectivity index (χ3n) is 4.52. The van der Waals surface area contributed by atoms with Crippen molar-refractivity contribution in [2.24, 2.45) is 10.1 Å². The van der Waals surface area contributed by atoms with Crippen LogP contribution in [0.2, 0.25) is 0 Å². The fourth-order valence-electron chi connectivity index (χ4n) is 3.23. The first kappa shape index (κ1) is 15.4. The standard InChI is InChI=1S/C22H15N5/c1-2-8-18-15(5-1)9-10-19-20(16-6-3-11-23-13-16)26-27-22(25-21(18)19)17-7-4-12-24-14-17/h1-14H,(H,25,27). The lowest BCUT2D eigenvalue weighted by molar-refractivity contribution is 1.03. The Morgan fingerprint density at radius 1 is 0.704 bits per heavy atom. The topological polar surface area (TPSA) is 62.5 Å². The quantitative estimate of drug-likeness (QED) is 0.593. The molecule has 0 radical (unpaired) electrons. The number of nitrogens with one attached hydrogen (secondary N) is 1. The van der Waals surface area contributed by atoms with Gasteiger partial charge in [-0.2, -0.15) is 5.10 Å². The fraction of sp³-hybridized carbons (Fsp3) is 0. The van der Waals surface area contributed by atoms with Gasteiger partial charge in [0.25, 0.3) is 0 Å². The summed E-state index contributed by atoms with van der Waals surface area (Å²) >= 11 is 0. The summed E-state index contributed by atoms with van der Waals surface area (Å²) in [6.07, 6.45) is 7.09. The Bertz CT molecular complexity index is 1180. The molecule has 0 spiro atoms. The van der Waals surface area contributed by atoms with Crippen molar-refractivity contribution in [2.45, 2.75) is 0 Å². The minimum absolute atomic E-state index is 0.666. The van der Waals surface area contributed by atoms with Crippen LogP contribution in [-0.2, 0) is 0 Å². The normalized spacial score (nSPS) is 13.2. The number of hydrazone groups is 1. The van der Waals surface area contributed by atoms with E-state index in [0.29, 0.717) is 5.84 Å². The zero-order chi connectivity index (χ0) is 18.1. The van der Waals surface area contributed by atoms with Crippen LogP contribution in [0.15, 0.2) is 95.5 Å². The molecular weight excluding hydrogens is 334 g/mol. The van der Waals surface area contributed by atoms with Crippen molar-refractivity contribution in [1.82, 2.24) is 15.4 Å². The van der Waals surface area contributed by atoms with E-state index in [1.165, 1.54) is 0 Å². The smallest absolute Gasteiger partial charge is 0.155 e. The monoisotopic (exact) mass is 349 g/mol. The van der Waals surface area contributed by atoms with Crippen LogP contribution < -0.4 is 5.43 Å². The third kappa shape index (κ3) is 2.75. The van der Waals surface area contributed by atoms with Gasteiger partial charge in [0.1, 0.15) is 5.71 Å². The van der Waals surface area contributed by atoms with Gasteiger partial charge in [-0.1, -0.05) is 30.3 Å². The number of nitrogens with zero attached hydrogens (tertiary/aromatic N) is 4. The van der Waals surface area contributed by atoms with Gasteiger partial charge in [0, 0.05) is 46.9 Å². The molecule has 1 aliphatic rings. The Kier molecular flexibility index (Phi) is 3.68. The Hall–Kier alpha value is -3.86. The van der Waals surface area contributed by atoms with Gasteiger partial charge in [-0.15, -0.1) is 0 Å². The molecule has 0 amide bonds. The SMILES string of the molecule is c1cncc(C2=Nc3c(ccc4ccccc34)C(c3cccnc3)=NN2)c1. The summed E-state index contributed by atoms with van der Waals surface area (Å²) in [5.41, 5.74) is 7.61. The first-order valence-corrected chi connectivity index (χ1v) is 8.65. The number of rotatable bonds is 2. The second-order valence-electron chi connectivity index (χ2n) is 6.20. The van der Waals surface area contributed by atoms with Gasteiger partial charge in [0.15, 0.2) is 5.84 Å². The molecule has 0 bridgehead atoms. The van der Waals surface area contributed by atoms with Crippen LogP contribution >= 0.6 is 0 Å². The lowest BCUT2D eigenvalue weighted by Gasteiger charge is -2.10. The molecular formula is C22H15N5. The molecule has 4 aromatic rings. The predicted molar refractivity (Wildman–Crippen MR) is 107 cm³/mol. The molecule has 5 nitrogen and oxygen atoms in total. The van der Waals surface area contributed by atoms with Crippen LogP contribution in [0.25, 0.3) is 10.8 Å². The van der Waals surface area contributed by atoms with E-state index in [-0.39, 0.29) is 0 Å². The molecule has 0 atom stereocenters. The van der Waals surface area contributed by atoms with Crippen molar-refractivity contribution in [3.8, 4) is 0 Å². The molecule has 5 rings (SSSR count). The maximum atomic E-state index is 4.94. The van der Waals surface area contributed by atoms with Crippen molar-refractivity contribution in [3.63, 3.8) is 0 Å². The Labute approximate surface area is 156 Å². The molecule has 0 aliphatic carbocycles. The van der Waals surface area contributed by atoms with Crippen LogP contribution in [0.4, 0.5) is 5.69 Å². The number of hydrogen-bond donors (Lipinski definition) is 1. The molecule has 1 N–H and O–H groups in total. The minimum atomic E-state index is 0.666. The van der Waals surface area contributed by atoms with E-state index < -0.39 is 0 Å². The summed E-state index contributed by atoms with van der Waals surface area (Å²) in [5.74, 6) is 0.666. The van der Waals surface area contributed by atoms with Crippen LogP contribution in [0.5, 0.6) is 0 Å². The molecule has 3 heterocycles. The molecule has 1 aliphatic heterocycles. The first-order valence-electron chi connectivity index (χ1n) is 8.65. The van der Waals surface area contributed by atoms with E-state index in [4.69, 9.17) is 4.99 Å². The molecule has 2 aromatic carbocycles. The maximum absolute atomic E-state index is 4.94. The summed E-state index contributed by atoms with van der Waals surface area (Å²) in [6.45, 7) is 0. The number of hydrogen-bond acceptors (Lipinski definition) is 5. The minimum Gasteiger partial charge on any atom is -0.264 e. The number of amidine groups is 1. The van der Waals surface area contributed by atoms with E-state index >= 15 is 0 Å². The molecule has 27 heavy (non-hydrogen) atoms. The summed E-state index contributed by atoms with van der Waals surface area (Å²) in [5, 5.41) is 6.88. The number of fused-ring (bicyclic) bond motifs is 3. The van der Waals surface area contributed by atoms with E-state index in [2.05, 4.69) is 44.8 Å². The number of pyridine rings is 2. The number of aromatic nitrogens is 2. The zero-order valence-corrected chi connectivity index (χ0v) is 14.4. The van der Waals surface area contributed by atoms with Crippen molar-refractivity contribution in [2.75, 3.05) is 0 Å². The summed E-state index contributed by atoms with van der Waals surface area (Å²) < 4.78 is 0. The van der Waals surface area contributed by atoms with Gasteiger partial charge in [-0.05, 0) is 35.7 Å². The Balaban J connectivity index is 1.80. The number of aliphatic imine (C=N–C) groups is 1. The Morgan fingerprint density at radius 2 is 1.48 bits per heavy atom. The van der Waals surface area contributed by atoms with Crippen molar-refractivity contribution < 1.29 is 0 Å². The molecule has 0 saturated heterocycles. The van der Waals surface area contributed by atoms with Gasteiger partial charge >= 0.3 is 0 Å². The van der Waals surface area contributed by atoms with Gasteiger partial charge in [0.2, 0.25) is 0 Å². The third-order valence-corrected chi connectivity index (χ3v) is 4.52. The highest BCUT2D eigenvalue weighted by Gasteiger charge is 2.19. The highest BCUT2D eigenvalue weighted by atomic mass is 15.3. The second-order valence-corrected chi connectivity index (χ2v) is 6.20. The maximum Gasteiger partial charge on any atom is 0.155 e. The van der Waals surface area contributed by atoms with Crippen molar-refractivity contribution in [3.05, 3.63) is 102 Å². The second kappa shape index (κ2) is 6.46. The average Bonchev–Trinajstić information content (AvgIpc) is 2.95. The van der Waals surface area contributed by atoms with E-state index in [1.807, 2.05) is 42.6 Å². The van der Waals surface area contributed by atoms with Crippen LogP contribution in [0.1, 0.15) is 16.7 Å². The van der Waals surface area contributed by atoms with Crippen LogP contribution in [0, 0.1) is 0 Å². The highest BCUT2D eigenvalue weighted by Crippen LogP contribution is 2.33.